The molecule has 0 amide bonds. The lowest BCUT2D eigenvalue weighted by atomic mass is 10.1. The molecule has 1 aromatic carbocycles. The van der Waals surface area contributed by atoms with Gasteiger partial charge in [0.15, 0.2) is 5.96 Å². The average Bonchev–Trinajstić information content (AvgIpc) is 3.30. The Morgan fingerprint density at radius 3 is 3.00 bits per heavy atom. The second-order valence-corrected chi connectivity index (χ2v) is 7.20. The third kappa shape index (κ3) is 5.84. The van der Waals surface area contributed by atoms with E-state index in [1.165, 1.54) is 22.0 Å². The second-order valence-electron chi connectivity index (χ2n) is 7.20. The second kappa shape index (κ2) is 11.6. The van der Waals surface area contributed by atoms with Gasteiger partial charge in [0.2, 0.25) is 0 Å². The molecule has 7 heteroatoms. The molecule has 6 nitrogen and oxygen atoms in total. The Labute approximate surface area is 185 Å². The van der Waals surface area contributed by atoms with Crippen LogP contribution in [-0.4, -0.2) is 69.5 Å². The number of guanidine groups is 1. The summed E-state index contributed by atoms with van der Waals surface area (Å²) < 4.78 is 10.7. The lowest BCUT2D eigenvalue weighted by Gasteiger charge is -2.21. The zero-order valence-electron chi connectivity index (χ0n) is 17.2. The molecule has 2 heterocycles. The molecule has 0 radical (unpaired) electrons. The quantitative estimate of drug-likeness (QED) is 0.253. The lowest BCUT2D eigenvalue weighted by molar-refractivity contribution is 0.0536. The summed E-state index contributed by atoms with van der Waals surface area (Å²) in [6.45, 7) is 7.20. The highest BCUT2D eigenvalue weighted by Gasteiger charge is 2.24. The highest BCUT2D eigenvalue weighted by Crippen LogP contribution is 2.22. The van der Waals surface area contributed by atoms with E-state index >= 15 is 0 Å². The molecule has 2 aromatic rings. The first-order valence-electron chi connectivity index (χ1n) is 9.80. The van der Waals surface area contributed by atoms with E-state index in [2.05, 4.69) is 51.5 Å². The van der Waals surface area contributed by atoms with Crippen molar-refractivity contribution in [3.8, 4) is 0 Å². The number of ether oxygens (including phenoxy) is 2. The predicted molar refractivity (Wildman–Crippen MR) is 126 cm³/mol. The van der Waals surface area contributed by atoms with Crippen molar-refractivity contribution in [1.29, 1.82) is 0 Å². The monoisotopic (exact) mass is 500 g/mol. The molecule has 3 rings (SSSR count). The number of aliphatic imine (C=N–C) groups is 1. The number of rotatable bonds is 8. The molecule has 0 bridgehead atoms. The Morgan fingerprint density at radius 1 is 1.36 bits per heavy atom. The summed E-state index contributed by atoms with van der Waals surface area (Å²) in [5.41, 5.74) is 3.89. The molecular weight excluding hydrogens is 467 g/mol. The van der Waals surface area contributed by atoms with Gasteiger partial charge in [-0.25, -0.2) is 0 Å². The van der Waals surface area contributed by atoms with Crippen molar-refractivity contribution in [2.75, 3.05) is 53.6 Å². The van der Waals surface area contributed by atoms with E-state index in [4.69, 9.17) is 9.47 Å². The molecule has 1 aliphatic rings. The van der Waals surface area contributed by atoms with Crippen molar-refractivity contribution in [3.05, 3.63) is 35.5 Å². The molecule has 0 spiro atoms. The number of aromatic amines is 1. The number of aryl methyl sites for hydroxylation is 1. The van der Waals surface area contributed by atoms with Gasteiger partial charge in [0.25, 0.3) is 0 Å². The maximum Gasteiger partial charge on any atom is 0.193 e. The Morgan fingerprint density at radius 2 is 2.21 bits per heavy atom. The van der Waals surface area contributed by atoms with E-state index < -0.39 is 0 Å². The van der Waals surface area contributed by atoms with Crippen molar-refractivity contribution in [2.24, 2.45) is 10.9 Å². The molecule has 1 aliphatic heterocycles. The number of H-pyrrole nitrogens is 1. The number of aromatic nitrogens is 1. The van der Waals surface area contributed by atoms with Crippen LogP contribution in [-0.2, 0) is 15.9 Å². The van der Waals surface area contributed by atoms with Gasteiger partial charge in [0.05, 0.1) is 19.8 Å². The van der Waals surface area contributed by atoms with Gasteiger partial charge in [-0.15, -0.1) is 24.0 Å². The van der Waals surface area contributed by atoms with Gasteiger partial charge in [-0.2, -0.15) is 0 Å². The van der Waals surface area contributed by atoms with Gasteiger partial charge in [0.1, 0.15) is 0 Å². The number of hydrogen-bond acceptors (Lipinski definition) is 3. The summed E-state index contributed by atoms with van der Waals surface area (Å²) in [6.07, 6.45) is 4.25. The maximum absolute atomic E-state index is 5.69. The van der Waals surface area contributed by atoms with Gasteiger partial charge >= 0.3 is 0 Å². The molecule has 156 valence electrons. The van der Waals surface area contributed by atoms with E-state index in [1.807, 2.05) is 7.05 Å². The molecule has 1 saturated heterocycles. The smallest absolute Gasteiger partial charge is 0.193 e. The highest BCUT2D eigenvalue weighted by atomic mass is 127. The summed E-state index contributed by atoms with van der Waals surface area (Å²) in [5, 5.41) is 4.88. The SMILES string of the molecule is CN=C(NCCc1c[nH]c2cccc(C)c12)N1CCC(COCCOC)C1.I. The van der Waals surface area contributed by atoms with Crippen LogP contribution in [0, 0.1) is 12.8 Å². The number of halogens is 1. The minimum atomic E-state index is 0. The number of nitrogens with one attached hydrogen (secondary N) is 2. The molecule has 0 saturated carbocycles. The first kappa shape index (κ1) is 23.0. The Hall–Kier alpha value is -1.32. The van der Waals surface area contributed by atoms with Crippen LogP contribution in [0.3, 0.4) is 0 Å². The summed E-state index contributed by atoms with van der Waals surface area (Å²) in [7, 11) is 3.56. The van der Waals surface area contributed by atoms with Crippen LogP contribution in [0.1, 0.15) is 17.5 Å². The molecule has 1 unspecified atom stereocenters. The first-order chi connectivity index (χ1) is 13.2. The van der Waals surface area contributed by atoms with Crippen LogP contribution >= 0.6 is 24.0 Å². The van der Waals surface area contributed by atoms with Gasteiger partial charge in [-0.1, -0.05) is 12.1 Å². The van der Waals surface area contributed by atoms with Crippen molar-refractivity contribution >= 4 is 40.8 Å². The predicted octanol–water partition coefficient (Wildman–Crippen LogP) is 3.20. The Balaban J connectivity index is 0.00000280. The number of benzene rings is 1. The fraction of sp³-hybridized carbons (Fsp3) is 0.571. The van der Waals surface area contributed by atoms with E-state index in [-0.39, 0.29) is 24.0 Å². The third-order valence-corrected chi connectivity index (χ3v) is 5.26. The molecular formula is C21H33IN4O2. The maximum atomic E-state index is 5.69. The molecule has 2 N–H and O–H groups in total. The minimum absolute atomic E-state index is 0. The van der Waals surface area contributed by atoms with Crippen molar-refractivity contribution in [2.45, 2.75) is 19.8 Å². The minimum Gasteiger partial charge on any atom is -0.382 e. The number of nitrogens with zero attached hydrogens (tertiary/aromatic N) is 2. The van der Waals surface area contributed by atoms with Crippen LogP contribution in [0.15, 0.2) is 29.4 Å². The molecule has 0 aliphatic carbocycles. The van der Waals surface area contributed by atoms with Gasteiger partial charge in [0, 0.05) is 56.8 Å². The van der Waals surface area contributed by atoms with Crippen LogP contribution in [0.2, 0.25) is 0 Å². The zero-order chi connectivity index (χ0) is 19.1. The molecule has 1 fully saturated rings. The first-order valence-corrected chi connectivity index (χ1v) is 9.80. The lowest BCUT2D eigenvalue weighted by Crippen LogP contribution is -2.41. The summed E-state index contributed by atoms with van der Waals surface area (Å²) in [6, 6.07) is 6.41. The third-order valence-electron chi connectivity index (χ3n) is 5.26. The highest BCUT2D eigenvalue weighted by molar-refractivity contribution is 14.0. The van der Waals surface area contributed by atoms with Crippen LogP contribution in [0.25, 0.3) is 10.9 Å². The number of likely N-dealkylation sites (tertiary alicyclic amines) is 1. The van der Waals surface area contributed by atoms with Crippen molar-refractivity contribution in [1.82, 2.24) is 15.2 Å². The summed E-state index contributed by atoms with van der Waals surface area (Å²) in [5.74, 6) is 1.56. The summed E-state index contributed by atoms with van der Waals surface area (Å²) in [4.78, 5) is 10.2. The van der Waals surface area contributed by atoms with Crippen molar-refractivity contribution < 1.29 is 9.47 Å². The Kier molecular flexibility index (Phi) is 9.53. The van der Waals surface area contributed by atoms with E-state index in [0.29, 0.717) is 19.1 Å². The topological polar surface area (TPSA) is 61.9 Å². The van der Waals surface area contributed by atoms with Gasteiger partial charge < -0.3 is 24.7 Å². The van der Waals surface area contributed by atoms with Gasteiger partial charge in [-0.05, 0) is 37.0 Å². The van der Waals surface area contributed by atoms with Gasteiger partial charge in [-0.3, -0.25) is 4.99 Å². The van der Waals surface area contributed by atoms with Crippen molar-refractivity contribution in [3.63, 3.8) is 0 Å². The molecule has 1 aromatic heterocycles. The van der Waals surface area contributed by atoms with E-state index in [1.54, 1.807) is 7.11 Å². The van der Waals surface area contributed by atoms with Crippen LogP contribution < -0.4 is 5.32 Å². The van der Waals surface area contributed by atoms with E-state index in [0.717, 1.165) is 45.0 Å². The normalized spacial score (nSPS) is 17.2. The Bertz CT molecular complexity index is 762. The average molecular weight is 500 g/mol. The molecule has 1 atom stereocenters. The fourth-order valence-corrected chi connectivity index (χ4v) is 3.84. The number of fused-ring (bicyclic) bond motifs is 1. The number of methoxy groups -OCH3 is 1. The fourth-order valence-electron chi connectivity index (χ4n) is 3.84. The zero-order valence-corrected chi connectivity index (χ0v) is 19.5. The van der Waals surface area contributed by atoms with Crippen LogP contribution in [0.5, 0.6) is 0 Å². The van der Waals surface area contributed by atoms with Crippen LogP contribution in [0.4, 0.5) is 0 Å². The molecule has 28 heavy (non-hydrogen) atoms. The van der Waals surface area contributed by atoms with E-state index in [9.17, 15) is 0 Å². The standard InChI is InChI=1S/C21H32N4O2.HI/c1-16-5-4-6-19-20(16)18(13-24-19)7-9-23-21(22-2)25-10-8-17(14-25)15-27-12-11-26-3;/h4-6,13,17,24H,7-12,14-15H2,1-3H3,(H,22,23);1H. The summed E-state index contributed by atoms with van der Waals surface area (Å²) >= 11 is 0. The number of hydrogen-bond donors (Lipinski definition) is 2. The largest absolute Gasteiger partial charge is 0.382 e.